The van der Waals surface area contributed by atoms with Gasteiger partial charge in [-0.15, -0.1) is 0 Å². The second-order valence-electron chi connectivity index (χ2n) is 5.67. The van der Waals surface area contributed by atoms with Crippen LogP contribution in [0.15, 0.2) is 18.2 Å². The predicted molar refractivity (Wildman–Crippen MR) is 86.4 cm³/mol. The van der Waals surface area contributed by atoms with Crippen molar-refractivity contribution in [1.29, 1.82) is 0 Å². The molecule has 0 radical (unpaired) electrons. The Hall–Kier alpha value is -2.28. The molecule has 0 bridgehead atoms. The van der Waals surface area contributed by atoms with E-state index in [0.29, 0.717) is 18.8 Å². The van der Waals surface area contributed by atoms with Gasteiger partial charge in [-0.2, -0.15) is 0 Å². The second kappa shape index (κ2) is 8.01. The summed E-state index contributed by atoms with van der Waals surface area (Å²) < 4.78 is 21.1. The van der Waals surface area contributed by atoms with Crippen LogP contribution in [0.3, 0.4) is 0 Å². The molecule has 2 atom stereocenters. The van der Waals surface area contributed by atoms with Gasteiger partial charge in [-0.25, -0.2) is 4.79 Å². The smallest absolute Gasteiger partial charge is 0.342 e. The Morgan fingerprint density at radius 2 is 1.83 bits per heavy atom. The molecule has 1 amide bonds. The highest BCUT2D eigenvalue weighted by molar-refractivity contribution is 5.95. The van der Waals surface area contributed by atoms with Gasteiger partial charge in [0.25, 0.3) is 5.91 Å². The molecule has 24 heavy (non-hydrogen) atoms. The van der Waals surface area contributed by atoms with E-state index in [1.54, 1.807) is 23.1 Å². The molecule has 1 saturated heterocycles. The molecule has 2 rings (SSSR count). The zero-order chi connectivity index (χ0) is 17.7. The summed E-state index contributed by atoms with van der Waals surface area (Å²) in [5, 5.41) is 0. The topological polar surface area (TPSA) is 74.3 Å². The lowest BCUT2D eigenvalue weighted by Crippen LogP contribution is -2.49. The second-order valence-corrected chi connectivity index (χ2v) is 5.67. The van der Waals surface area contributed by atoms with Crippen molar-refractivity contribution < 1.29 is 28.5 Å². The molecule has 7 heteroatoms. The van der Waals surface area contributed by atoms with E-state index in [-0.39, 0.29) is 36.0 Å². The van der Waals surface area contributed by atoms with E-state index in [1.807, 2.05) is 13.8 Å². The van der Waals surface area contributed by atoms with E-state index < -0.39 is 5.97 Å². The summed E-state index contributed by atoms with van der Waals surface area (Å²) in [6, 6.07) is 4.90. The largest absolute Gasteiger partial charge is 0.493 e. The molecule has 0 saturated carbocycles. The van der Waals surface area contributed by atoms with Crippen molar-refractivity contribution in [3.05, 3.63) is 23.8 Å². The number of carbonyl (C=O) groups excluding carboxylic acids is 2. The number of methoxy groups -OCH3 is 2. The van der Waals surface area contributed by atoms with E-state index in [2.05, 4.69) is 0 Å². The maximum Gasteiger partial charge on any atom is 0.342 e. The molecule has 1 fully saturated rings. The Labute approximate surface area is 141 Å². The fourth-order valence-electron chi connectivity index (χ4n) is 2.73. The number of para-hydroxylation sites is 1. The highest BCUT2D eigenvalue weighted by Crippen LogP contribution is 2.31. The number of carbonyl (C=O) groups is 2. The molecule has 0 N–H and O–H groups in total. The molecule has 0 aliphatic carbocycles. The Morgan fingerprint density at radius 1 is 1.17 bits per heavy atom. The average Bonchev–Trinajstić information content (AvgIpc) is 2.57. The minimum absolute atomic E-state index is 0.0353. The highest BCUT2D eigenvalue weighted by Gasteiger charge is 2.27. The minimum atomic E-state index is -0.631. The van der Waals surface area contributed by atoms with Gasteiger partial charge in [-0.05, 0) is 26.0 Å². The maximum atomic E-state index is 12.3. The molecular formula is C17H23NO6. The first-order chi connectivity index (χ1) is 11.5. The van der Waals surface area contributed by atoms with Crippen LogP contribution in [-0.4, -0.2) is 62.9 Å². The van der Waals surface area contributed by atoms with Crippen LogP contribution < -0.4 is 9.47 Å². The molecule has 1 aliphatic heterocycles. The number of morpholine rings is 1. The van der Waals surface area contributed by atoms with Crippen LogP contribution in [0, 0.1) is 0 Å². The molecule has 132 valence electrons. The van der Waals surface area contributed by atoms with Crippen molar-refractivity contribution >= 4 is 11.9 Å². The van der Waals surface area contributed by atoms with Crippen LogP contribution in [0.1, 0.15) is 24.2 Å². The van der Waals surface area contributed by atoms with Gasteiger partial charge in [-0.3, -0.25) is 4.79 Å². The van der Waals surface area contributed by atoms with Gasteiger partial charge >= 0.3 is 5.97 Å². The molecule has 1 aromatic rings. The Morgan fingerprint density at radius 3 is 2.42 bits per heavy atom. The van der Waals surface area contributed by atoms with Gasteiger partial charge in [0.2, 0.25) is 0 Å². The molecule has 0 unspecified atom stereocenters. The van der Waals surface area contributed by atoms with E-state index in [1.165, 1.54) is 14.2 Å². The number of nitrogens with zero attached hydrogens (tertiary/aromatic N) is 1. The lowest BCUT2D eigenvalue weighted by molar-refractivity contribution is -0.146. The molecular weight excluding hydrogens is 314 g/mol. The fraction of sp³-hybridized carbons (Fsp3) is 0.529. The van der Waals surface area contributed by atoms with E-state index >= 15 is 0 Å². The van der Waals surface area contributed by atoms with Crippen LogP contribution in [-0.2, 0) is 14.3 Å². The number of ether oxygens (including phenoxy) is 4. The summed E-state index contributed by atoms with van der Waals surface area (Å²) in [7, 11) is 2.92. The van der Waals surface area contributed by atoms with Crippen LogP contribution in [0.2, 0.25) is 0 Å². The normalized spacial score (nSPS) is 20.4. The zero-order valence-electron chi connectivity index (χ0n) is 14.4. The van der Waals surface area contributed by atoms with Gasteiger partial charge in [0, 0.05) is 13.1 Å². The number of hydrogen-bond acceptors (Lipinski definition) is 6. The van der Waals surface area contributed by atoms with Crippen molar-refractivity contribution in [3.8, 4) is 11.5 Å². The summed E-state index contributed by atoms with van der Waals surface area (Å²) >= 11 is 0. The van der Waals surface area contributed by atoms with E-state index in [9.17, 15) is 9.59 Å². The summed E-state index contributed by atoms with van der Waals surface area (Å²) in [5.74, 6) is -0.166. The summed E-state index contributed by atoms with van der Waals surface area (Å²) in [6.45, 7) is 4.47. The number of benzene rings is 1. The standard InChI is InChI=1S/C17H23NO6/c1-11-8-18(9-12(2)24-11)15(19)10-23-17(20)13-6-5-7-14(21-3)16(13)22-4/h5-7,11-12H,8-10H2,1-4H3/t11-,12-/m0/s1. The fourth-order valence-corrected chi connectivity index (χ4v) is 2.73. The Balaban J connectivity index is 1.99. The Kier molecular flexibility index (Phi) is 6.03. The van der Waals surface area contributed by atoms with E-state index in [0.717, 1.165) is 0 Å². The summed E-state index contributed by atoms with van der Waals surface area (Å²) in [6.07, 6.45) is -0.0706. The van der Waals surface area contributed by atoms with Gasteiger partial charge in [-0.1, -0.05) is 6.07 Å². The third-order valence-electron chi connectivity index (χ3n) is 3.72. The van der Waals surface area contributed by atoms with Gasteiger partial charge in [0.1, 0.15) is 5.56 Å². The molecule has 0 spiro atoms. The highest BCUT2D eigenvalue weighted by atomic mass is 16.5. The molecule has 7 nitrogen and oxygen atoms in total. The minimum Gasteiger partial charge on any atom is -0.493 e. The number of esters is 1. The SMILES string of the molecule is COc1cccc(C(=O)OCC(=O)N2C[C@H](C)O[C@@H](C)C2)c1OC. The third-order valence-corrected chi connectivity index (χ3v) is 3.72. The quantitative estimate of drug-likeness (QED) is 0.758. The van der Waals surface area contributed by atoms with Crippen LogP contribution >= 0.6 is 0 Å². The number of hydrogen-bond donors (Lipinski definition) is 0. The first-order valence-corrected chi connectivity index (χ1v) is 7.77. The monoisotopic (exact) mass is 337 g/mol. The summed E-state index contributed by atoms with van der Waals surface area (Å²) in [5.41, 5.74) is 0.216. The van der Waals surface area contributed by atoms with E-state index in [4.69, 9.17) is 18.9 Å². The predicted octanol–water partition coefficient (Wildman–Crippen LogP) is 1.50. The van der Waals surface area contributed by atoms with Crippen molar-refractivity contribution in [1.82, 2.24) is 4.90 Å². The van der Waals surface area contributed by atoms with Crippen molar-refractivity contribution in [3.63, 3.8) is 0 Å². The van der Waals surface area contributed by atoms with Gasteiger partial charge in [0.05, 0.1) is 26.4 Å². The molecule has 1 aliphatic rings. The average molecular weight is 337 g/mol. The van der Waals surface area contributed by atoms with Crippen molar-refractivity contribution in [2.24, 2.45) is 0 Å². The third kappa shape index (κ3) is 4.17. The van der Waals surface area contributed by atoms with Gasteiger partial charge < -0.3 is 23.8 Å². The number of amides is 1. The lowest BCUT2D eigenvalue weighted by Gasteiger charge is -2.35. The number of rotatable bonds is 5. The van der Waals surface area contributed by atoms with Crippen LogP contribution in [0.4, 0.5) is 0 Å². The first-order valence-electron chi connectivity index (χ1n) is 7.77. The Bertz CT molecular complexity index is 593. The zero-order valence-corrected chi connectivity index (χ0v) is 14.4. The van der Waals surface area contributed by atoms with Crippen molar-refractivity contribution in [2.45, 2.75) is 26.1 Å². The van der Waals surface area contributed by atoms with Crippen LogP contribution in [0.25, 0.3) is 0 Å². The van der Waals surface area contributed by atoms with Crippen molar-refractivity contribution in [2.75, 3.05) is 33.9 Å². The van der Waals surface area contributed by atoms with Gasteiger partial charge in [0.15, 0.2) is 18.1 Å². The molecule has 0 aromatic heterocycles. The maximum absolute atomic E-state index is 12.3. The molecule has 1 heterocycles. The van der Waals surface area contributed by atoms with Crippen LogP contribution in [0.5, 0.6) is 11.5 Å². The summed E-state index contributed by atoms with van der Waals surface area (Å²) in [4.78, 5) is 26.1. The first kappa shape index (κ1) is 18.1. The molecule has 1 aromatic carbocycles. The lowest BCUT2D eigenvalue weighted by atomic mass is 10.2.